The van der Waals surface area contributed by atoms with Gasteiger partial charge in [0.05, 0.1) is 5.69 Å². The first kappa shape index (κ1) is 21.3. The fourth-order valence-corrected chi connectivity index (χ4v) is 2.75. The van der Waals surface area contributed by atoms with Gasteiger partial charge in [0.2, 0.25) is 0 Å². The second-order valence-electron chi connectivity index (χ2n) is 7.13. The molecule has 0 saturated carbocycles. The number of imide groups is 1. The van der Waals surface area contributed by atoms with Gasteiger partial charge in [-0.05, 0) is 38.7 Å². The third-order valence-corrected chi connectivity index (χ3v) is 4.15. The number of hydrogen-bond acceptors (Lipinski definition) is 6. The molecule has 0 atom stereocenters. The molecule has 2 rings (SSSR count). The van der Waals surface area contributed by atoms with Crippen molar-refractivity contribution in [2.45, 2.75) is 47.5 Å². The molecule has 0 aliphatic heterocycles. The molecule has 9 nitrogen and oxygen atoms in total. The fourth-order valence-electron chi connectivity index (χ4n) is 2.75. The van der Waals surface area contributed by atoms with Gasteiger partial charge in [-0.3, -0.25) is 14.9 Å². The van der Waals surface area contributed by atoms with Crippen molar-refractivity contribution in [1.82, 2.24) is 25.2 Å². The highest BCUT2D eigenvalue weighted by molar-refractivity contribution is 5.95. The van der Waals surface area contributed by atoms with E-state index in [0.29, 0.717) is 13.0 Å². The lowest BCUT2D eigenvalue weighted by Crippen LogP contribution is -2.42. The third-order valence-electron chi connectivity index (χ3n) is 4.15. The van der Waals surface area contributed by atoms with E-state index >= 15 is 0 Å². The summed E-state index contributed by atoms with van der Waals surface area (Å²) in [5, 5.41) is 9.07. The van der Waals surface area contributed by atoms with E-state index < -0.39 is 24.5 Å². The minimum absolute atomic E-state index is 0.0992. The minimum atomic E-state index is -0.669. The maximum Gasteiger partial charge on any atom is 0.321 e. The Morgan fingerprint density at radius 3 is 2.61 bits per heavy atom. The Kier molecular flexibility index (Phi) is 7.08. The molecule has 0 aliphatic rings. The van der Waals surface area contributed by atoms with Gasteiger partial charge in [-0.2, -0.15) is 5.10 Å². The summed E-state index contributed by atoms with van der Waals surface area (Å²) in [6.07, 6.45) is 0.525. The van der Waals surface area contributed by atoms with Gasteiger partial charge in [-0.15, -0.1) is 0 Å². The summed E-state index contributed by atoms with van der Waals surface area (Å²) >= 11 is 0. The lowest BCUT2D eigenvalue weighted by Gasteiger charge is -2.11. The number of carbonyl (C=O) groups excluding carboxylic acids is 3. The molecule has 2 N–H and O–H groups in total. The number of hydrogen-bond donors (Lipinski definition) is 2. The quantitative estimate of drug-likeness (QED) is 0.695. The smallest absolute Gasteiger partial charge is 0.321 e. The zero-order chi connectivity index (χ0) is 20.8. The number of aryl methyl sites for hydroxylation is 3. The molecule has 28 heavy (non-hydrogen) atoms. The van der Waals surface area contributed by atoms with Crippen LogP contribution in [0.4, 0.5) is 4.79 Å². The highest BCUT2D eigenvalue weighted by Crippen LogP contribution is 2.17. The Hall–Kier alpha value is -2.97. The SMILES string of the molecule is Cc1cc2nc(C)c(CCC(=O)OCC(=O)NC(=O)NCC(C)C)c(C)n2n1. The second-order valence-corrected chi connectivity index (χ2v) is 7.13. The zero-order valence-electron chi connectivity index (χ0n) is 17.0. The van der Waals surface area contributed by atoms with E-state index in [-0.39, 0.29) is 12.3 Å². The van der Waals surface area contributed by atoms with Crippen molar-refractivity contribution in [2.24, 2.45) is 5.92 Å². The minimum Gasteiger partial charge on any atom is -0.456 e. The zero-order valence-corrected chi connectivity index (χ0v) is 17.0. The van der Waals surface area contributed by atoms with Gasteiger partial charge in [-0.25, -0.2) is 14.3 Å². The van der Waals surface area contributed by atoms with Crippen LogP contribution < -0.4 is 10.6 Å². The van der Waals surface area contributed by atoms with E-state index in [2.05, 4.69) is 20.7 Å². The van der Waals surface area contributed by atoms with Gasteiger partial charge >= 0.3 is 12.0 Å². The molecule has 0 fully saturated rings. The van der Waals surface area contributed by atoms with Gasteiger partial charge in [0.15, 0.2) is 12.3 Å². The van der Waals surface area contributed by atoms with Crippen molar-refractivity contribution >= 4 is 23.6 Å². The predicted octanol–water partition coefficient (Wildman–Crippen LogP) is 1.61. The molecular formula is C19H27N5O4. The summed E-state index contributed by atoms with van der Waals surface area (Å²) in [6.45, 7) is 9.54. The Bertz CT molecular complexity index is 888. The van der Waals surface area contributed by atoms with Gasteiger partial charge in [0.25, 0.3) is 5.91 Å². The van der Waals surface area contributed by atoms with E-state index in [9.17, 15) is 14.4 Å². The number of esters is 1. The molecule has 2 aromatic rings. The first-order chi connectivity index (χ1) is 13.2. The summed E-state index contributed by atoms with van der Waals surface area (Å²) in [4.78, 5) is 39.6. The largest absolute Gasteiger partial charge is 0.456 e. The van der Waals surface area contributed by atoms with Crippen molar-refractivity contribution in [3.63, 3.8) is 0 Å². The molecule has 3 amide bonds. The van der Waals surface area contributed by atoms with Crippen LogP contribution in [0.3, 0.4) is 0 Å². The Balaban J connectivity index is 1.83. The standard InChI is InChI=1S/C19H27N5O4/c1-11(2)9-20-19(27)22-17(25)10-28-18(26)7-6-15-13(4)21-16-8-12(3)23-24(16)14(15)5/h8,11H,6-7,9-10H2,1-5H3,(H2,20,22,25,27). The van der Waals surface area contributed by atoms with Crippen LogP contribution in [-0.2, 0) is 20.7 Å². The molecule has 0 unspecified atom stereocenters. The number of nitrogens with zero attached hydrogens (tertiary/aromatic N) is 3. The maximum atomic E-state index is 12.0. The van der Waals surface area contributed by atoms with Gasteiger partial charge < -0.3 is 10.1 Å². The van der Waals surface area contributed by atoms with Crippen molar-refractivity contribution in [2.75, 3.05) is 13.2 Å². The highest BCUT2D eigenvalue weighted by atomic mass is 16.5. The number of nitrogens with one attached hydrogen (secondary N) is 2. The maximum absolute atomic E-state index is 12.0. The molecular weight excluding hydrogens is 362 g/mol. The lowest BCUT2D eigenvalue weighted by molar-refractivity contribution is -0.148. The summed E-state index contributed by atoms with van der Waals surface area (Å²) in [6, 6.07) is 1.29. The Morgan fingerprint density at radius 2 is 1.93 bits per heavy atom. The number of amides is 3. The van der Waals surface area contributed by atoms with Crippen molar-refractivity contribution < 1.29 is 19.1 Å². The average Bonchev–Trinajstić information content (AvgIpc) is 2.98. The van der Waals surface area contributed by atoms with Gasteiger partial charge in [0.1, 0.15) is 0 Å². The highest BCUT2D eigenvalue weighted by Gasteiger charge is 2.15. The molecule has 0 saturated heterocycles. The monoisotopic (exact) mass is 389 g/mol. The van der Waals surface area contributed by atoms with E-state index in [4.69, 9.17) is 4.74 Å². The predicted molar refractivity (Wildman–Crippen MR) is 103 cm³/mol. The fraction of sp³-hybridized carbons (Fsp3) is 0.526. The van der Waals surface area contributed by atoms with Crippen molar-refractivity contribution in [3.8, 4) is 0 Å². The molecule has 0 radical (unpaired) electrons. The second kappa shape index (κ2) is 9.29. The Morgan fingerprint density at radius 1 is 1.21 bits per heavy atom. The van der Waals surface area contributed by atoms with Crippen LogP contribution in [0.25, 0.3) is 5.65 Å². The van der Waals surface area contributed by atoms with E-state index in [0.717, 1.165) is 28.3 Å². The molecule has 9 heteroatoms. The summed E-state index contributed by atoms with van der Waals surface area (Å²) < 4.78 is 6.71. The van der Waals surface area contributed by atoms with E-state index in [1.165, 1.54) is 0 Å². The summed E-state index contributed by atoms with van der Waals surface area (Å²) in [7, 11) is 0. The summed E-state index contributed by atoms with van der Waals surface area (Å²) in [5.74, 6) is -0.921. The van der Waals surface area contributed by atoms with Crippen molar-refractivity contribution in [1.29, 1.82) is 0 Å². The Labute approximate surface area is 163 Å². The van der Waals surface area contributed by atoms with Crippen LogP contribution in [0.5, 0.6) is 0 Å². The van der Waals surface area contributed by atoms with Crippen molar-refractivity contribution in [3.05, 3.63) is 28.7 Å². The number of carbonyl (C=O) groups is 3. The normalized spacial score (nSPS) is 10.9. The van der Waals surface area contributed by atoms with Crippen LogP contribution >= 0.6 is 0 Å². The lowest BCUT2D eigenvalue weighted by atomic mass is 10.1. The number of fused-ring (bicyclic) bond motifs is 1. The van der Waals surface area contributed by atoms with Crippen LogP contribution in [0.2, 0.25) is 0 Å². The molecule has 0 aromatic carbocycles. The number of aromatic nitrogens is 3. The first-order valence-corrected chi connectivity index (χ1v) is 9.23. The molecule has 2 aromatic heterocycles. The number of ether oxygens (including phenoxy) is 1. The molecule has 0 spiro atoms. The third kappa shape index (κ3) is 5.77. The van der Waals surface area contributed by atoms with E-state index in [1.807, 2.05) is 40.7 Å². The van der Waals surface area contributed by atoms with Gasteiger partial charge in [-0.1, -0.05) is 13.8 Å². The van der Waals surface area contributed by atoms with Crippen LogP contribution in [0.15, 0.2) is 6.07 Å². The van der Waals surface area contributed by atoms with E-state index in [1.54, 1.807) is 4.52 Å². The molecule has 0 bridgehead atoms. The topological polar surface area (TPSA) is 115 Å². The van der Waals surface area contributed by atoms with Crippen LogP contribution in [0, 0.1) is 26.7 Å². The number of rotatable bonds is 7. The average molecular weight is 389 g/mol. The van der Waals surface area contributed by atoms with Gasteiger partial charge in [0, 0.05) is 30.4 Å². The molecule has 2 heterocycles. The first-order valence-electron chi connectivity index (χ1n) is 9.23. The molecule has 152 valence electrons. The van der Waals surface area contributed by atoms with Crippen LogP contribution in [0.1, 0.15) is 42.9 Å². The molecule has 0 aliphatic carbocycles. The van der Waals surface area contributed by atoms with Crippen LogP contribution in [-0.4, -0.2) is 45.7 Å². The summed E-state index contributed by atoms with van der Waals surface area (Å²) in [5.41, 5.74) is 4.31. The number of urea groups is 1.